The van der Waals surface area contributed by atoms with E-state index in [2.05, 4.69) is 18.0 Å². The van der Waals surface area contributed by atoms with E-state index in [0.29, 0.717) is 0 Å². The van der Waals surface area contributed by atoms with Crippen molar-refractivity contribution in [3.8, 4) is 0 Å². The fourth-order valence-electron chi connectivity index (χ4n) is 2.75. The third-order valence-corrected chi connectivity index (χ3v) is 3.94. The summed E-state index contributed by atoms with van der Waals surface area (Å²) in [6.45, 7) is 2.26. The van der Waals surface area contributed by atoms with Crippen LogP contribution in [0.1, 0.15) is 64.0 Å². The number of hydrogen-bond acceptors (Lipinski definition) is 0. The van der Waals surface area contributed by atoms with Crippen molar-refractivity contribution in [1.29, 1.82) is 0 Å². The van der Waals surface area contributed by atoms with Gasteiger partial charge in [-0.15, -0.1) is 0 Å². The van der Waals surface area contributed by atoms with Crippen LogP contribution in [-0.4, -0.2) is 4.98 Å². The molecule has 0 bridgehead atoms. The number of hydrogen-bond donors (Lipinski definition) is 1. The molecule has 0 atom stereocenters. The summed E-state index contributed by atoms with van der Waals surface area (Å²) in [5.41, 5.74) is 2.28. The standard InChI is InChI=1S/C18H26FN/c1-2-3-4-5-6-7-8-9-10-17-14-15-13-16(19)11-12-18(15)20-17/h11-14,20H,2-10H2,1H3. The number of benzene rings is 1. The Morgan fingerprint density at radius 3 is 2.35 bits per heavy atom. The van der Waals surface area contributed by atoms with Crippen molar-refractivity contribution in [2.24, 2.45) is 0 Å². The lowest BCUT2D eigenvalue weighted by Crippen LogP contribution is -1.86. The molecule has 0 amide bonds. The molecule has 0 radical (unpaired) electrons. The molecule has 1 heterocycles. The molecule has 2 aromatic rings. The summed E-state index contributed by atoms with van der Waals surface area (Å²) >= 11 is 0. The molecule has 0 saturated carbocycles. The molecular weight excluding hydrogens is 249 g/mol. The van der Waals surface area contributed by atoms with Crippen LogP contribution in [-0.2, 0) is 6.42 Å². The second-order valence-corrected chi connectivity index (χ2v) is 5.75. The van der Waals surface area contributed by atoms with Crippen molar-refractivity contribution in [3.05, 3.63) is 35.8 Å². The maximum Gasteiger partial charge on any atom is 0.123 e. The Morgan fingerprint density at radius 1 is 0.900 bits per heavy atom. The second-order valence-electron chi connectivity index (χ2n) is 5.75. The van der Waals surface area contributed by atoms with Gasteiger partial charge in [-0.3, -0.25) is 0 Å². The largest absolute Gasteiger partial charge is 0.358 e. The fourth-order valence-corrected chi connectivity index (χ4v) is 2.75. The molecule has 1 nitrogen and oxygen atoms in total. The van der Waals surface area contributed by atoms with Gasteiger partial charge >= 0.3 is 0 Å². The lowest BCUT2D eigenvalue weighted by Gasteiger charge is -2.01. The second kappa shape index (κ2) is 8.08. The number of halogens is 1. The molecule has 0 unspecified atom stereocenters. The monoisotopic (exact) mass is 275 g/mol. The van der Waals surface area contributed by atoms with Gasteiger partial charge in [-0.05, 0) is 37.1 Å². The Morgan fingerprint density at radius 2 is 1.60 bits per heavy atom. The molecule has 2 rings (SSSR count). The average Bonchev–Trinajstić information content (AvgIpc) is 2.83. The minimum Gasteiger partial charge on any atom is -0.358 e. The van der Waals surface area contributed by atoms with Gasteiger partial charge in [0.05, 0.1) is 0 Å². The smallest absolute Gasteiger partial charge is 0.123 e. The van der Waals surface area contributed by atoms with Gasteiger partial charge in [0.1, 0.15) is 5.82 Å². The van der Waals surface area contributed by atoms with Crippen LogP contribution in [0.2, 0.25) is 0 Å². The zero-order valence-electron chi connectivity index (χ0n) is 12.6. The van der Waals surface area contributed by atoms with E-state index in [9.17, 15) is 4.39 Å². The highest BCUT2D eigenvalue weighted by Gasteiger charge is 2.02. The van der Waals surface area contributed by atoms with Gasteiger partial charge in [0.15, 0.2) is 0 Å². The van der Waals surface area contributed by atoms with Gasteiger partial charge in [-0.2, -0.15) is 0 Å². The Hall–Kier alpha value is -1.31. The van der Waals surface area contributed by atoms with Gasteiger partial charge in [0, 0.05) is 16.6 Å². The van der Waals surface area contributed by atoms with Crippen molar-refractivity contribution < 1.29 is 4.39 Å². The molecule has 20 heavy (non-hydrogen) atoms. The molecule has 0 aliphatic heterocycles. The molecule has 2 heteroatoms. The molecule has 0 saturated heterocycles. The lowest BCUT2D eigenvalue weighted by atomic mass is 10.1. The summed E-state index contributed by atoms with van der Waals surface area (Å²) in [7, 11) is 0. The first-order valence-corrected chi connectivity index (χ1v) is 8.07. The quantitative estimate of drug-likeness (QED) is 0.541. The first kappa shape index (κ1) is 15.1. The van der Waals surface area contributed by atoms with Crippen molar-refractivity contribution in [1.82, 2.24) is 4.98 Å². The predicted molar refractivity (Wildman–Crippen MR) is 84.6 cm³/mol. The Bertz CT molecular complexity index is 515. The van der Waals surface area contributed by atoms with Crippen molar-refractivity contribution in [3.63, 3.8) is 0 Å². The van der Waals surface area contributed by atoms with E-state index >= 15 is 0 Å². The summed E-state index contributed by atoms with van der Waals surface area (Å²) in [6.07, 6.45) is 11.8. The Kier molecular flexibility index (Phi) is 6.10. The highest BCUT2D eigenvalue weighted by Crippen LogP contribution is 2.18. The van der Waals surface area contributed by atoms with Gasteiger partial charge in [-0.1, -0.05) is 51.9 Å². The first-order valence-electron chi connectivity index (χ1n) is 8.07. The molecule has 0 fully saturated rings. The summed E-state index contributed by atoms with van der Waals surface area (Å²) in [4.78, 5) is 3.37. The number of rotatable bonds is 9. The Labute approximate surface area is 121 Å². The topological polar surface area (TPSA) is 15.8 Å². The lowest BCUT2D eigenvalue weighted by molar-refractivity contribution is 0.574. The number of unbranched alkanes of at least 4 members (excludes halogenated alkanes) is 7. The third kappa shape index (κ3) is 4.66. The molecule has 1 N–H and O–H groups in total. The van der Waals surface area contributed by atoms with Gasteiger partial charge < -0.3 is 4.98 Å². The van der Waals surface area contributed by atoms with Crippen molar-refractivity contribution in [2.75, 3.05) is 0 Å². The summed E-state index contributed by atoms with van der Waals surface area (Å²) < 4.78 is 13.1. The SMILES string of the molecule is CCCCCCCCCCc1cc2cc(F)ccc2[nH]1. The zero-order valence-corrected chi connectivity index (χ0v) is 12.6. The fraction of sp³-hybridized carbons (Fsp3) is 0.556. The highest BCUT2D eigenvalue weighted by atomic mass is 19.1. The van der Waals surface area contributed by atoms with Crippen LogP contribution < -0.4 is 0 Å². The van der Waals surface area contributed by atoms with Gasteiger partial charge in [0.2, 0.25) is 0 Å². The van der Waals surface area contributed by atoms with Crippen LogP contribution in [0.5, 0.6) is 0 Å². The van der Waals surface area contributed by atoms with Crippen LogP contribution in [0.4, 0.5) is 4.39 Å². The summed E-state index contributed by atoms with van der Waals surface area (Å²) in [5.74, 6) is -0.157. The van der Waals surface area contributed by atoms with E-state index in [1.807, 2.05) is 6.07 Å². The number of aryl methyl sites for hydroxylation is 1. The number of aromatic amines is 1. The molecule has 0 aliphatic carbocycles. The molecule has 0 spiro atoms. The van der Waals surface area contributed by atoms with Crippen molar-refractivity contribution in [2.45, 2.75) is 64.7 Å². The van der Waals surface area contributed by atoms with E-state index in [0.717, 1.165) is 17.3 Å². The van der Waals surface area contributed by atoms with Crippen LogP contribution in [0, 0.1) is 5.82 Å². The minimum atomic E-state index is -0.157. The highest BCUT2D eigenvalue weighted by molar-refractivity contribution is 5.80. The first-order chi connectivity index (χ1) is 9.79. The molecular formula is C18H26FN. The van der Waals surface area contributed by atoms with E-state index < -0.39 is 0 Å². The summed E-state index contributed by atoms with van der Waals surface area (Å²) in [6, 6.07) is 7.02. The number of nitrogens with one attached hydrogen (secondary N) is 1. The van der Waals surface area contributed by atoms with Crippen molar-refractivity contribution >= 4 is 10.9 Å². The maximum absolute atomic E-state index is 13.1. The van der Waals surface area contributed by atoms with Crippen LogP contribution in [0.15, 0.2) is 24.3 Å². The summed E-state index contributed by atoms with van der Waals surface area (Å²) in [5, 5.41) is 0.986. The van der Waals surface area contributed by atoms with E-state index in [-0.39, 0.29) is 5.82 Å². The van der Waals surface area contributed by atoms with Gasteiger partial charge in [0.25, 0.3) is 0 Å². The molecule has 1 aromatic carbocycles. The number of H-pyrrole nitrogens is 1. The minimum absolute atomic E-state index is 0.157. The van der Waals surface area contributed by atoms with Crippen LogP contribution >= 0.6 is 0 Å². The van der Waals surface area contributed by atoms with E-state index in [1.165, 1.54) is 63.1 Å². The zero-order chi connectivity index (χ0) is 14.2. The molecule has 1 aromatic heterocycles. The van der Waals surface area contributed by atoms with Gasteiger partial charge in [-0.25, -0.2) is 4.39 Å². The average molecular weight is 275 g/mol. The maximum atomic E-state index is 13.1. The van der Waals surface area contributed by atoms with E-state index in [4.69, 9.17) is 0 Å². The number of aromatic nitrogens is 1. The van der Waals surface area contributed by atoms with Crippen LogP contribution in [0.25, 0.3) is 10.9 Å². The normalized spacial score (nSPS) is 11.3. The number of fused-ring (bicyclic) bond motifs is 1. The Balaban J connectivity index is 1.65. The molecule has 0 aliphatic rings. The van der Waals surface area contributed by atoms with E-state index in [1.54, 1.807) is 6.07 Å². The molecule has 110 valence electrons. The predicted octanol–water partition coefficient (Wildman–Crippen LogP) is 5.99. The van der Waals surface area contributed by atoms with Crippen LogP contribution in [0.3, 0.4) is 0 Å². The third-order valence-electron chi connectivity index (χ3n) is 3.94.